The van der Waals surface area contributed by atoms with Crippen molar-refractivity contribution in [2.24, 2.45) is 0 Å². The zero-order valence-electron chi connectivity index (χ0n) is 19.8. The van der Waals surface area contributed by atoms with Crippen LogP contribution in [0, 0.1) is 0 Å². The van der Waals surface area contributed by atoms with Crippen LogP contribution in [-0.4, -0.2) is 42.6 Å². The fraction of sp³-hybridized carbons (Fsp3) is 0.348. The normalized spacial score (nSPS) is 25.5. The Kier molecular flexibility index (Phi) is 6.52. The lowest BCUT2D eigenvalue weighted by molar-refractivity contribution is -0.678. The van der Waals surface area contributed by atoms with Crippen molar-refractivity contribution in [1.29, 1.82) is 0 Å². The van der Waals surface area contributed by atoms with E-state index in [1.807, 2.05) is 6.07 Å². The highest BCUT2D eigenvalue weighted by Crippen LogP contribution is 2.62. The van der Waals surface area contributed by atoms with Gasteiger partial charge in [-0.2, -0.15) is 21.4 Å². The van der Waals surface area contributed by atoms with Crippen molar-refractivity contribution in [3.63, 3.8) is 0 Å². The average Bonchev–Trinajstić information content (AvgIpc) is 3.30. The topological polar surface area (TPSA) is 126 Å². The summed E-state index contributed by atoms with van der Waals surface area (Å²) in [5.41, 5.74) is 1.77. The molecule has 1 fully saturated rings. The maximum atomic E-state index is 12.7. The van der Waals surface area contributed by atoms with Crippen molar-refractivity contribution in [1.82, 2.24) is 4.48 Å². The molecule has 2 aromatic carbocycles. The Morgan fingerprint density at radius 2 is 1.84 bits per heavy atom. The van der Waals surface area contributed by atoms with E-state index >= 15 is 0 Å². The number of thioether (sulfide) groups is 1. The van der Waals surface area contributed by atoms with Crippen molar-refractivity contribution in [2.45, 2.75) is 48.3 Å². The summed E-state index contributed by atoms with van der Waals surface area (Å²) in [6, 6.07) is 10.3. The van der Waals surface area contributed by atoms with Gasteiger partial charge >= 0.3 is 16.0 Å². The Balaban J connectivity index is 1.70. The zero-order chi connectivity index (χ0) is 27.0. The number of fused-ring (bicyclic) bond motifs is 3. The van der Waals surface area contributed by atoms with E-state index in [1.54, 1.807) is 41.0 Å². The van der Waals surface area contributed by atoms with E-state index in [-0.39, 0.29) is 23.9 Å². The summed E-state index contributed by atoms with van der Waals surface area (Å²) >= 11 is 13.9. The number of halogens is 2. The standard InChI is InChI=1S/C23H22Cl2N2O7S3/c1-14(36(28,29)30)7-9-26-17-11-15(24)3-5-19(17)34-21(26)13-22-27(10-8-23(27,2)37(31,32)33)18-12-16(25)4-6-20(18)35-22/h3-6,11-14H,7-10H2,1-2H3/p+2. The van der Waals surface area contributed by atoms with Crippen molar-refractivity contribution in [2.75, 3.05) is 6.54 Å². The summed E-state index contributed by atoms with van der Waals surface area (Å²) in [6.45, 7) is 3.51. The number of nitrogens with zero attached hydrogens (tertiary/aromatic N) is 2. The van der Waals surface area contributed by atoms with E-state index < -0.39 is 30.4 Å². The first-order chi connectivity index (χ1) is 17.2. The fourth-order valence-electron chi connectivity index (χ4n) is 5.00. The van der Waals surface area contributed by atoms with Gasteiger partial charge in [-0.1, -0.05) is 23.2 Å². The third kappa shape index (κ3) is 4.22. The van der Waals surface area contributed by atoms with Crippen LogP contribution >= 0.6 is 35.0 Å². The molecule has 1 spiro atoms. The van der Waals surface area contributed by atoms with E-state index in [2.05, 4.69) is 0 Å². The van der Waals surface area contributed by atoms with Gasteiger partial charge in [0.15, 0.2) is 17.3 Å². The Bertz CT molecular complexity index is 1690. The number of rotatable bonds is 6. The van der Waals surface area contributed by atoms with Crippen LogP contribution in [0.2, 0.25) is 10.0 Å². The lowest BCUT2D eigenvalue weighted by Crippen LogP contribution is -2.75. The Morgan fingerprint density at radius 3 is 2.46 bits per heavy atom. The second kappa shape index (κ2) is 8.95. The molecule has 0 saturated carbocycles. The van der Waals surface area contributed by atoms with Gasteiger partial charge in [-0.25, -0.2) is 4.48 Å². The van der Waals surface area contributed by atoms with Gasteiger partial charge in [-0.3, -0.25) is 9.11 Å². The van der Waals surface area contributed by atoms with Crippen LogP contribution in [0.1, 0.15) is 32.6 Å². The molecule has 3 atom stereocenters. The van der Waals surface area contributed by atoms with Gasteiger partial charge in [0.1, 0.15) is 6.08 Å². The SMILES string of the molecule is CC(CC[n+]1c(C=C2Sc3ccc(Cl)cc3[N+]23CCC3(C)S(=O)(=O)O)oc2ccc(Cl)cc21)S(=O)(=O)O. The number of oxazole rings is 1. The first-order valence-electron chi connectivity index (χ1n) is 11.3. The van der Waals surface area contributed by atoms with E-state index in [9.17, 15) is 25.9 Å². The second-order valence-electron chi connectivity index (χ2n) is 9.45. The molecular formula is C23H24Cl2N2O7S3+2. The minimum absolute atomic E-state index is 0.0898. The molecule has 0 bridgehead atoms. The Hall–Kier alpha value is -1.64. The van der Waals surface area contributed by atoms with E-state index in [0.29, 0.717) is 44.3 Å². The van der Waals surface area contributed by atoms with Crippen LogP contribution in [0.15, 0.2) is 50.7 Å². The molecule has 3 heterocycles. The van der Waals surface area contributed by atoms with Crippen LogP contribution in [0.5, 0.6) is 0 Å². The minimum atomic E-state index is -4.49. The second-order valence-corrected chi connectivity index (χ2v) is 15.0. The molecule has 2 aliphatic rings. The number of aryl methyl sites for hydroxylation is 1. The monoisotopic (exact) mass is 606 g/mol. The highest BCUT2D eigenvalue weighted by atomic mass is 35.5. The van der Waals surface area contributed by atoms with Gasteiger partial charge in [0.2, 0.25) is 10.5 Å². The van der Waals surface area contributed by atoms with Crippen LogP contribution in [0.25, 0.3) is 17.2 Å². The van der Waals surface area contributed by atoms with E-state index in [0.717, 1.165) is 4.90 Å². The quantitative estimate of drug-likeness (QED) is 0.225. The van der Waals surface area contributed by atoms with Gasteiger partial charge in [0.05, 0.1) is 23.1 Å². The van der Waals surface area contributed by atoms with Crippen LogP contribution < -0.4 is 9.05 Å². The molecule has 9 nitrogen and oxygen atoms in total. The molecule has 3 aromatic rings. The summed E-state index contributed by atoms with van der Waals surface area (Å²) < 4.78 is 76.0. The van der Waals surface area contributed by atoms with Crippen LogP contribution in [0.4, 0.5) is 5.69 Å². The summed E-state index contributed by atoms with van der Waals surface area (Å²) in [6.07, 6.45) is 2.04. The predicted octanol–water partition coefficient (Wildman–Crippen LogP) is 5.11. The van der Waals surface area contributed by atoms with Gasteiger partial charge < -0.3 is 4.42 Å². The summed E-state index contributed by atoms with van der Waals surface area (Å²) in [7, 11) is -8.73. The Morgan fingerprint density at radius 1 is 1.16 bits per heavy atom. The van der Waals surface area contributed by atoms with Gasteiger partial charge in [-0.15, -0.1) is 0 Å². The molecule has 1 saturated heterocycles. The highest BCUT2D eigenvalue weighted by Gasteiger charge is 2.71. The van der Waals surface area contributed by atoms with Crippen molar-refractivity contribution < 1.29 is 34.9 Å². The minimum Gasteiger partial charge on any atom is -0.398 e. The number of hydrogen-bond acceptors (Lipinski definition) is 6. The maximum absolute atomic E-state index is 12.7. The highest BCUT2D eigenvalue weighted by molar-refractivity contribution is 8.03. The molecule has 2 aliphatic heterocycles. The molecule has 198 valence electrons. The lowest BCUT2D eigenvalue weighted by Gasteiger charge is -2.54. The molecule has 5 rings (SSSR count). The first kappa shape index (κ1) is 26.9. The largest absolute Gasteiger partial charge is 0.398 e. The zero-order valence-corrected chi connectivity index (χ0v) is 23.7. The summed E-state index contributed by atoms with van der Waals surface area (Å²) in [5.74, 6) is 0.336. The average molecular weight is 608 g/mol. The summed E-state index contributed by atoms with van der Waals surface area (Å²) in [4.78, 5) is -0.738. The molecule has 0 amide bonds. The smallest absolute Gasteiger partial charge is 0.380 e. The van der Waals surface area contributed by atoms with Crippen LogP contribution in [0.3, 0.4) is 0 Å². The maximum Gasteiger partial charge on any atom is 0.380 e. The predicted molar refractivity (Wildman–Crippen MR) is 144 cm³/mol. The summed E-state index contributed by atoms with van der Waals surface area (Å²) in [5, 5.41) is 0.473. The third-order valence-electron chi connectivity index (χ3n) is 7.40. The Labute approximate surface area is 228 Å². The van der Waals surface area contributed by atoms with E-state index in [4.69, 9.17) is 27.6 Å². The molecule has 37 heavy (non-hydrogen) atoms. The molecule has 2 N–H and O–H groups in total. The number of hydrogen-bond donors (Lipinski definition) is 2. The molecule has 0 radical (unpaired) electrons. The first-order valence-corrected chi connectivity index (χ1v) is 15.8. The molecule has 14 heteroatoms. The van der Waals surface area contributed by atoms with E-state index in [1.165, 1.54) is 25.6 Å². The fourth-order valence-corrected chi connectivity index (χ4v) is 8.21. The number of benzene rings is 2. The number of aromatic nitrogens is 1. The van der Waals surface area contributed by atoms with Crippen molar-refractivity contribution in [3.8, 4) is 0 Å². The molecule has 1 aromatic heterocycles. The van der Waals surface area contributed by atoms with Crippen molar-refractivity contribution >= 4 is 78.1 Å². The van der Waals surface area contributed by atoms with Crippen molar-refractivity contribution in [3.05, 3.63) is 57.4 Å². The third-order valence-corrected chi connectivity index (χ3v) is 12.0. The molecule has 0 aliphatic carbocycles. The van der Waals surface area contributed by atoms with Gasteiger partial charge in [0.25, 0.3) is 15.6 Å². The molecule has 3 unspecified atom stereocenters. The lowest BCUT2D eigenvalue weighted by atomic mass is 9.96. The van der Waals surface area contributed by atoms with Crippen LogP contribution in [-0.2, 0) is 26.8 Å². The molecular weight excluding hydrogens is 583 g/mol. The van der Waals surface area contributed by atoms with Gasteiger partial charge in [-0.05, 0) is 43.0 Å². The van der Waals surface area contributed by atoms with Gasteiger partial charge in [0, 0.05) is 35.5 Å². The number of quaternary nitrogens is 1.